The van der Waals surface area contributed by atoms with Gasteiger partial charge in [0.05, 0.1) is 13.2 Å². The molecule has 1 aliphatic carbocycles. The highest BCUT2D eigenvalue weighted by molar-refractivity contribution is 4.93. The molecular weight excluding hydrogens is 221 g/mol. The average Bonchev–Trinajstić information content (AvgIpc) is 2.15. The first kappa shape index (κ1) is 13.7. The second-order valence-electron chi connectivity index (χ2n) is 4.80. The van der Waals surface area contributed by atoms with Gasteiger partial charge in [0.15, 0.2) is 0 Å². The molecule has 2 unspecified atom stereocenters. The van der Waals surface area contributed by atoms with Gasteiger partial charge in [-0.1, -0.05) is 0 Å². The smallest absolute Gasteiger partial charge is 0.394 e. The van der Waals surface area contributed by atoms with E-state index in [4.69, 9.17) is 10.8 Å². The fourth-order valence-corrected chi connectivity index (χ4v) is 2.29. The number of rotatable bonds is 3. The molecule has 2 atom stereocenters. The fraction of sp³-hybridized carbons (Fsp3) is 1.00. The molecule has 3 N–H and O–H groups in total. The summed E-state index contributed by atoms with van der Waals surface area (Å²) in [6.45, 7) is -1.08. The van der Waals surface area contributed by atoms with Crippen LogP contribution in [0.2, 0.25) is 0 Å². The predicted molar refractivity (Wildman–Crippen MR) is 54.9 cm³/mol. The maximum Gasteiger partial charge on any atom is 0.401 e. The van der Waals surface area contributed by atoms with Gasteiger partial charge < -0.3 is 10.8 Å². The van der Waals surface area contributed by atoms with Gasteiger partial charge in [0.2, 0.25) is 0 Å². The maximum atomic E-state index is 12.2. The van der Waals surface area contributed by atoms with E-state index in [9.17, 15) is 13.2 Å². The highest BCUT2D eigenvalue weighted by Gasteiger charge is 2.37. The minimum Gasteiger partial charge on any atom is -0.394 e. The van der Waals surface area contributed by atoms with E-state index in [0.717, 1.165) is 6.42 Å². The molecule has 1 fully saturated rings. The summed E-state index contributed by atoms with van der Waals surface area (Å²) >= 11 is 0. The van der Waals surface area contributed by atoms with Gasteiger partial charge in [0.25, 0.3) is 0 Å². The Kier molecular flexibility index (Phi) is 4.20. The number of nitrogens with zero attached hydrogens (tertiary/aromatic N) is 1. The summed E-state index contributed by atoms with van der Waals surface area (Å²) in [5, 5.41) is 9.12. The summed E-state index contributed by atoms with van der Waals surface area (Å²) in [6.07, 6.45) is -1.59. The van der Waals surface area contributed by atoms with E-state index in [2.05, 4.69) is 0 Å². The molecule has 0 aromatic rings. The third-order valence-electron chi connectivity index (χ3n) is 3.22. The number of alkyl halides is 3. The van der Waals surface area contributed by atoms with Gasteiger partial charge in [-0.2, -0.15) is 13.2 Å². The molecule has 1 rings (SSSR count). The van der Waals surface area contributed by atoms with Gasteiger partial charge in [0, 0.05) is 11.6 Å². The normalized spacial score (nSPS) is 32.1. The molecule has 0 radical (unpaired) electrons. The molecule has 0 heterocycles. The van der Waals surface area contributed by atoms with E-state index >= 15 is 0 Å². The molecule has 96 valence electrons. The SMILES string of the molecule is CN(CC(F)(F)F)C1CCCC(N)(CO)C1. The second kappa shape index (κ2) is 4.89. The van der Waals surface area contributed by atoms with Crippen molar-refractivity contribution in [3.05, 3.63) is 0 Å². The van der Waals surface area contributed by atoms with Crippen molar-refractivity contribution in [3.63, 3.8) is 0 Å². The minimum atomic E-state index is -4.18. The van der Waals surface area contributed by atoms with Gasteiger partial charge in [-0.25, -0.2) is 0 Å². The van der Waals surface area contributed by atoms with Gasteiger partial charge in [-0.3, -0.25) is 4.90 Å². The molecule has 0 aromatic carbocycles. The highest BCUT2D eigenvalue weighted by atomic mass is 19.4. The first-order chi connectivity index (χ1) is 7.26. The van der Waals surface area contributed by atoms with Crippen LogP contribution in [-0.2, 0) is 0 Å². The summed E-state index contributed by atoms with van der Waals surface area (Å²) in [6, 6.07) is -0.187. The molecule has 0 bridgehead atoms. The van der Waals surface area contributed by atoms with Crippen LogP contribution in [0.4, 0.5) is 13.2 Å². The maximum absolute atomic E-state index is 12.2. The number of halogens is 3. The molecule has 0 amide bonds. The van der Waals surface area contributed by atoms with Crippen LogP contribution in [0.3, 0.4) is 0 Å². The first-order valence-electron chi connectivity index (χ1n) is 5.42. The Bertz CT molecular complexity index is 235. The van der Waals surface area contributed by atoms with Crippen LogP contribution in [0.5, 0.6) is 0 Å². The molecule has 1 saturated carbocycles. The molecule has 6 heteroatoms. The number of hydrogen-bond acceptors (Lipinski definition) is 3. The molecule has 3 nitrogen and oxygen atoms in total. The molecule has 1 aliphatic rings. The largest absolute Gasteiger partial charge is 0.401 e. The zero-order chi connectivity index (χ0) is 12.4. The van der Waals surface area contributed by atoms with Crippen LogP contribution in [0.15, 0.2) is 0 Å². The number of aliphatic hydroxyl groups is 1. The molecule has 0 aromatic heterocycles. The summed E-state index contributed by atoms with van der Waals surface area (Å²) < 4.78 is 36.6. The van der Waals surface area contributed by atoms with E-state index in [-0.39, 0.29) is 12.6 Å². The fourth-order valence-electron chi connectivity index (χ4n) is 2.29. The van der Waals surface area contributed by atoms with Gasteiger partial charge in [-0.05, 0) is 32.7 Å². The topological polar surface area (TPSA) is 49.5 Å². The Morgan fingerprint density at radius 1 is 1.50 bits per heavy atom. The zero-order valence-corrected chi connectivity index (χ0v) is 9.43. The predicted octanol–water partition coefficient (Wildman–Crippen LogP) is 1.11. The Morgan fingerprint density at radius 3 is 2.62 bits per heavy atom. The van der Waals surface area contributed by atoms with Crippen molar-refractivity contribution < 1.29 is 18.3 Å². The third-order valence-corrected chi connectivity index (χ3v) is 3.22. The van der Waals surface area contributed by atoms with E-state index in [1.165, 1.54) is 11.9 Å². The molecule has 0 saturated heterocycles. The van der Waals surface area contributed by atoms with Crippen LogP contribution >= 0.6 is 0 Å². The molecule has 0 aliphatic heterocycles. The van der Waals surface area contributed by atoms with E-state index < -0.39 is 18.3 Å². The number of aliphatic hydroxyl groups excluding tert-OH is 1. The Morgan fingerprint density at radius 2 is 2.12 bits per heavy atom. The van der Waals surface area contributed by atoms with E-state index in [1.807, 2.05) is 0 Å². The lowest BCUT2D eigenvalue weighted by Gasteiger charge is -2.40. The summed E-state index contributed by atoms with van der Waals surface area (Å²) in [4.78, 5) is 1.29. The zero-order valence-electron chi connectivity index (χ0n) is 9.43. The van der Waals surface area contributed by atoms with E-state index in [0.29, 0.717) is 19.3 Å². The van der Waals surface area contributed by atoms with Crippen molar-refractivity contribution in [2.24, 2.45) is 5.73 Å². The Labute approximate surface area is 93.4 Å². The van der Waals surface area contributed by atoms with Crippen LogP contribution in [-0.4, -0.2) is 48.0 Å². The Balaban J connectivity index is 2.53. The van der Waals surface area contributed by atoms with Crippen LogP contribution in [0.25, 0.3) is 0 Å². The standard InChI is InChI=1S/C10H19F3N2O/c1-15(6-10(11,12)13)8-3-2-4-9(14,5-8)7-16/h8,16H,2-7,14H2,1H3. The van der Waals surface area contributed by atoms with Gasteiger partial charge in [-0.15, -0.1) is 0 Å². The van der Waals surface area contributed by atoms with Crippen molar-refractivity contribution in [2.45, 2.75) is 43.4 Å². The van der Waals surface area contributed by atoms with Gasteiger partial charge >= 0.3 is 6.18 Å². The van der Waals surface area contributed by atoms with Gasteiger partial charge in [0.1, 0.15) is 0 Å². The van der Waals surface area contributed by atoms with Crippen LogP contribution < -0.4 is 5.73 Å². The van der Waals surface area contributed by atoms with Crippen molar-refractivity contribution in [2.75, 3.05) is 20.2 Å². The molecular formula is C10H19F3N2O. The lowest BCUT2D eigenvalue weighted by molar-refractivity contribution is -0.149. The monoisotopic (exact) mass is 240 g/mol. The summed E-state index contributed by atoms with van der Waals surface area (Å²) in [5.41, 5.74) is 5.19. The number of nitrogens with two attached hydrogens (primary N) is 1. The van der Waals surface area contributed by atoms with Crippen molar-refractivity contribution in [1.82, 2.24) is 4.90 Å². The van der Waals surface area contributed by atoms with Crippen molar-refractivity contribution in [3.8, 4) is 0 Å². The summed E-state index contributed by atoms with van der Waals surface area (Å²) in [7, 11) is 1.46. The molecule has 16 heavy (non-hydrogen) atoms. The Hall–Kier alpha value is -0.330. The average molecular weight is 240 g/mol. The minimum absolute atomic E-state index is 0.163. The second-order valence-corrected chi connectivity index (χ2v) is 4.80. The summed E-state index contributed by atoms with van der Waals surface area (Å²) in [5.74, 6) is 0. The van der Waals surface area contributed by atoms with Crippen molar-refractivity contribution in [1.29, 1.82) is 0 Å². The van der Waals surface area contributed by atoms with Crippen LogP contribution in [0, 0.1) is 0 Å². The highest BCUT2D eigenvalue weighted by Crippen LogP contribution is 2.30. The molecule has 0 spiro atoms. The number of hydrogen-bond donors (Lipinski definition) is 2. The lowest BCUT2D eigenvalue weighted by atomic mass is 9.80. The van der Waals surface area contributed by atoms with E-state index in [1.54, 1.807) is 0 Å². The quantitative estimate of drug-likeness (QED) is 0.777. The third kappa shape index (κ3) is 3.92. The van der Waals surface area contributed by atoms with Crippen LogP contribution in [0.1, 0.15) is 25.7 Å². The first-order valence-corrected chi connectivity index (χ1v) is 5.42. The van der Waals surface area contributed by atoms with Crippen molar-refractivity contribution >= 4 is 0 Å². The lowest BCUT2D eigenvalue weighted by Crippen LogP contribution is -2.53.